The van der Waals surface area contributed by atoms with Gasteiger partial charge in [0.15, 0.2) is 0 Å². The topological polar surface area (TPSA) is 66.3 Å². The van der Waals surface area contributed by atoms with Gasteiger partial charge in [-0.1, -0.05) is 0 Å². The second kappa shape index (κ2) is 5.29. The van der Waals surface area contributed by atoms with Crippen LogP contribution in [0, 0.1) is 0 Å². The summed E-state index contributed by atoms with van der Waals surface area (Å²) in [6.45, 7) is 0.601. The zero-order valence-electron chi connectivity index (χ0n) is 8.05. The van der Waals surface area contributed by atoms with Crippen molar-refractivity contribution in [2.75, 3.05) is 20.2 Å². The highest BCUT2D eigenvalue weighted by atomic mass is 16.3. The molecule has 76 valence electrons. The van der Waals surface area contributed by atoms with Crippen LogP contribution in [0.5, 0.6) is 0 Å². The molecule has 1 heterocycles. The Morgan fingerprint density at radius 1 is 1.57 bits per heavy atom. The van der Waals surface area contributed by atoms with Crippen LogP contribution in [0.4, 0.5) is 0 Å². The van der Waals surface area contributed by atoms with Crippen molar-refractivity contribution in [1.29, 1.82) is 0 Å². The summed E-state index contributed by atoms with van der Waals surface area (Å²) in [5.41, 5.74) is 0.327. The quantitative estimate of drug-likeness (QED) is 0.730. The number of nitrogens with zero attached hydrogens (tertiary/aromatic N) is 3. The van der Waals surface area contributed by atoms with E-state index >= 15 is 0 Å². The number of hydrogen-bond acceptors (Lipinski definition) is 4. The van der Waals surface area contributed by atoms with Gasteiger partial charge in [0.25, 0.3) is 5.91 Å². The van der Waals surface area contributed by atoms with Gasteiger partial charge in [-0.15, -0.1) is 0 Å². The standard InChI is InChI=1S/C9H13N3O2/c1-12(5-2-6-13)9(14)8-7-10-3-4-11-8/h3-4,7,13H,2,5-6H2,1H3. The van der Waals surface area contributed by atoms with Gasteiger partial charge < -0.3 is 10.0 Å². The van der Waals surface area contributed by atoms with Crippen LogP contribution in [0.15, 0.2) is 18.6 Å². The molecule has 1 amide bonds. The fourth-order valence-corrected chi connectivity index (χ4v) is 1.01. The Kier molecular flexibility index (Phi) is 4.00. The highest BCUT2D eigenvalue weighted by Gasteiger charge is 2.11. The van der Waals surface area contributed by atoms with E-state index in [0.29, 0.717) is 18.7 Å². The summed E-state index contributed by atoms with van der Waals surface area (Å²) in [5, 5.41) is 8.60. The molecule has 0 fully saturated rings. The molecule has 0 radical (unpaired) electrons. The maximum atomic E-state index is 11.6. The average molecular weight is 195 g/mol. The highest BCUT2D eigenvalue weighted by molar-refractivity contribution is 5.91. The first-order valence-electron chi connectivity index (χ1n) is 4.38. The number of aromatic nitrogens is 2. The second-order valence-electron chi connectivity index (χ2n) is 2.89. The van der Waals surface area contributed by atoms with Gasteiger partial charge in [0, 0.05) is 32.6 Å². The number of aliphatic hydroxyl groups is 1. The molecule has 5 heteroatoms. The molecule has 5 nitrogen and oxygen atoms in total. The van der Waals surface area contributed by atoms with Gasteiger partial charge in [-0.25, -0.2) is 4.98 Å². The summed E-state index contributed by atoms with van der Waals surface area (Å²) in [7, 11) is 1.67. The minimum absolute atomic E-state index is 0.0814. The summed E-state index contributed by atoms with van der Waals surface area (Å²) < 4.78 is 0. The number of aliphatic hydroxyl groups excluding tert-OH is 1. The molecule has 0 spiro atoms. The van der Waals surface area contributed by atoms with E-state index in [1.165, 1.54) is 23.5 Å². The van der Waals surface area contributed by atoms with Crippen LogP contribution >= 0.6 is 0 Å². The van der Waals surface area contributed by atoms with Gasteiger partial charge in [-0.3, -0.25) is 9.78 Å². The van der Waals surface area contributed by atoms with Gasteiger partial charge in [-0.2, -0.15) is 0 Å². The van der Waals surface area contributed by atoms with E-state index in [4.69, 9.17) is 5.11 Å². The largest absolute Gasteiger partial charge is 0.396 e. The molecule has 1 aromatic heterocycles. The van der Waals surface area contributed by atoms with Crippen LogP contribution in [0.3, 0.4) is 0 Å². The Hall–Kier alpha value is -1.49. The molecule has 0 aromatic carbocycles. The van der Waals surface area contributed by atoms with Crippen molar-refractivity contribution in [3.8, 4) is 0 Å². The summed E-state index contributed by atoms with van der Waals surface area (Å²) >= 11 is 0. The number of amides is 1. The van der Waals surface area contributed by atoms with Crippen molar-refractivity contribution in [1.82, 2.24) is 14.9 Å². The maximum Gasteiger partial charge on any atom is 0.273 e. The van der Waals surface area contributed by atoms with Crippen molar-refractivity contribution >= 4 is 5.91 Å². The van der Waals surface area contributed by atoms with Crippen LogP contribution in [0.2, 0.25) is 0 Å². The maximum absolute atomic E-state index is 11.6. The lowest BCUT2D eigenvalue weighted by atomic mass is 10.3. The summed E-state index contributed by atoms with van der Waals surface area (Å²) in [5.74, 6) is -0.174. The Labute approximate surface area is 82.4 Å². The molecular formula is C9H13N3O2. The van der Waals surface area contributed by atoms with Gasteiger partial charge in [0.05, 0.1) is 6.20 Å². The lowest BCUT2D eigenvalue weighted by molar-refractivity contribution is 0.0780. The average Bonchev–Trinajstić information content (AvgIpc) is 2.26. The van der Waals surface area contributed by atoms with E-state index in [9.17, 15) is 4.79 Å². The van der Waals surface area contributed by atoms with E-state index in [1.54, 1.807) is 7.05 Å². The third kappa shape index (κ3) is 2.77. The first-order chi connectivity index (χ1) is 6.75. The SMILES string of the molecule is CN(CCCO)C(=O)c1cnccn1. The van der Waals surface area contributed by atoms with Crippen LogP contribution in [-0.4, -0.2) is 46.1 Å². The lowest BCUT2D eigenvalue weighted by Crippen LogP contribution is -2.29. The molecule has 1 N–H and O–H groups in total. The van der Waals surface area contributed by atoms with E-state index < -0.39 is 0 Å². The third-order valence-electron chi connectivity index (χ3n) is 1.78. The van der Waals surface area contributed by atoms with Gasteiger partial charge in [-0.05, 0) is 6.42 Å². The molecule has 1 rings (SSSR count). The van der Waals surface area contributed by atoms with E-state index in [-0.39, 0.29) is 12.5 Å². The number of hydrogen-bond donors (Lipinski definition) is 1. The van der Waals surface area contributed by atoms with Gasteiger partial charge in [0.2, 0.25) is 0 Å². The van der Waals surface area contributed by atoms with Crippen LogP contribution in [-0.2, 0) is 0 Å². The molecule has 14 heavy (non-hydrogen) atoms. The molecule has 0 aliphatic rings. The van der Waals surface area contributed by atoms with Crippen molar-refractivity contribution < 1.29 is 9.90 Å². The Balaban J connectivity index is 2.57. The van der Waals surface area contributed by atoms with E-state index in [1.807, 2.05) is 0 Å². The highest BCUT2D eigenvalue weighted by Crippen LogP contribution is 1.97. The molecule has 0 atom stereocenters. The molecule has 0 unspecified atom stereocenters. The first-order valence-corrected chi connectivity index (χ1v) is 4.38. The number of carbonyl (C=O) groups is 1. The number of rotatable bonds is 4. The zero-order chi connectivity index (χ0) is 10.4. The van der Waals surface area contributed by atoms with Crippen molar-refractivity contribution in [3.63, 3.8) is 0 Å². The minimum atomic E-state index is -0.174. The third-order valence-corrected chi connectivity index (χ3v) is 1.78. The van der Waals surface area contributed by atoms with Crippen LogP contribution in [0.1, 0.15) is 16.9 Å². The van der Waals surface area contributed by atoms with Crippen molar-refractivity contribution in [2.45, 2.75) is 6.42 Å². The zero-order valence-corrected chi connectivity index (χ0v) is 8.05. The molecule has 1 aromatic rings. The van der Waals surface area contributed by atoms with Gasteiger partial charge in [0.1, 0.15) is 5.69 Å². The lowest BCUT2D eigenvalue weighted by Gasteiger charge is -2.15. The predicted octanol–water partition coefficient (Wildman–Crippen LogP) is -0.0690. The van der Waals surface area contributed by atoms with E-state index in [2.05, 4.69) is 9.97 Å². The predicted molar refractivity (Wildman–Crippen MR) is 50.7 cm³/mol. The molecule has 0 bridgehead atoms. The molecular weight excluding hydrogens is 182 g/mol. The normalized spacial score (nSPS) is 9.86. The smallest absolute Gasteiger partial charge is 0.273 e. The molecule has 0 saturated carbocycles. The van der Waals surface area contributed by atoms with Crippen molar-refractivity contribution in [3.05, 3.63) is 24.3 Å². The van der Waals surface area contributed by atoms with Gasteiger partial charge >= 0.3 is 0 Å². The van der Waals surface area contributed by atoms with Crippen LogP contribution < -0.4 is 0 Å². The number of carbonyl (C=O) groups excluding carboxylic acids is 1. The Morgan fingerprint density at radius 3 is 2.93 bits per heavy atom. The first kappa shape index (κ1) is 10.6. The minimum Gasteiger partial charge on any atom is -0.396 e. The summed E-state index contributed by atoms with van der Waals surface area (Å²) in [6, 6.07) is 0. The second-order valence-corrected chi connectivity index (χ2v) is 2.89. The Bertz CT molecular complexity index is 289. The summed E-state index contributed by atoms with van der Waals surface area (Å²) in [4.78, 5) is 20.8. The fourth-order valence-electron chi connectivity index (χ4n) is 1.01. The van der Waals surface area contributed by atoms with E-state index in [0.717, 1.165) is 0 Å². The van der Waals surface area contributed by atoms with Crippen LogP contribution in [0.25, 0.3) is 0 Å². The van der Waals surface area contributed by atoms with Crippen molar-refractivity contribution in [2.24, 2.45) is 0 Å². The monoisotopic (exact) mass is 195 g/mol. The molecule has 0 aliphatic heterocycles. The molecule has 0 aliphatic carbocycles. The Morgan fingerprint density at radius 2 is 2.36 bits per heavy atom. The molecule has 0 saturated heterocycles. The fraction of sp³-hybridized carbons (Fsp3) is 0.444. The summed E-state index contributed by atoms with van der Waals surface area (Å²) in [6.07, 6.45) is 5.00.